The van der Waals surface area contributed by atoms with Crippen LogP contribution < -0.4 is 4.74 Å². The first-order chi connectivity index (χ1) is 11.7. The normalized spacial score (nSPS) is 40.6. The van der Waals surface area contributed by atoms with E-state index in [1.807, 2.05) is 6.07 Å². The molecule has 0 N–H and O–H groups in total. The van der Waals surface area contributed by atoms with Gasteiger partial charge in [-0.3, -0.25) is 0 Å². The van der Waals surface area contributed by atoms with Gasteiger partial charge in [0.1, 0.15) is 15.7 Å². The number of hydrogen-bond acceptors (Lipinski definition) is 2. The van der Waals surface area contributed by atoms with Crippen molar-refractivity contribution in [1.29, 1.82) is 0 Å². The SMILES string of the molecule is C[C@@H]1CC[C@@H]2[C@H](O1)c1ccccc1O[C@]2(C)CC[C@H]1C(C)(C)C1(Cl)Cl. The van der Waals surface area contributed by atoms with Crippen LogP contribution in [0.3, 0.4) is 0 Å². The molecule has 4 rings (SSSR count). The molecular weight excluding hydrogens is 355 g/mol. The third kappa shape index (κ3) is 2.71. The van der Waals surface area contributed by atoms with E-state index in [1.54, 1.807) is 0 Å². The molecule has 2 nitrogen and oxygen atoms in total. The van der Waals surface area contributed by atoms with Crippen LogP contribution in [0.4, 0.5) is 0 Å². The summed E-state index contributed by atoms with van der Waals surface area (Å²) in [6.45, 7) is 8.74. The molecule has 1 saturated heterocycles. The first kappa shape index (κ1) is 17.9. The van der Waals surface area contributed by atoms with Crippen LogP contribution in [-0.2, 0) is 4.74 Å². The molecule has 2 fully saturated rings. The fourth-order valence-electron chi connectivity index (χ4n) is 5.00. The number of benzene rings is 1. The second-order valence-corrected chi connectivity index (χ2v) is 10.3. The van der Waals surface area contributed by atoms with E-state index >= 15 is 0 Å². The summed E-state index contributed by atoms with van der Waals surface area (Å²) in [6, 6.07) is 8.34. The maximum Gasteiger partial charge on any atom is 0.127 e. The highest BCUT2D eigenvalue weighted by molar-refractivity contribution is 6.51. The van der Waals surface area contributed by atoms with Crippen LogP contribution in [0.1, 0.15) is 65.0 Å². The fourth-order valence-corrected chi connectivity index (χ4v) is 5.91. The van der Waals surface area contributed by atoms with Crippen molar-refractivity contribution in [1.82, 2.24) is 0 Å². The molecule has 0 radical (unpaired) electrons. The third-order valence-electron chi connectivity index (χ3n) is 7.00. The van der Waals surface area contributed by atoms with Crippen molar-refractivity contribution in [3.8, 4) is 5.75 Å². The van der Waals surface area contributed by atoms with E-state index in [0.717, 1.165) is 31.4 Å². The molecule has 4 heteroatoms. The second kappa shape index (κ2) is 5.78. The molecule has 1 aromatic carbocycles. The minimum absolute atomic E-state index is 0.0178. The number of ether oxygens (including phenoxy) is 2. The van der Waals surface area contributed by atoms with Gasteiger partial charge in [-0.25, -0.2) is 0 Å². The average Bonchev–Trinajstić information content (AvgIpc) is 2.94. The third-order valence-corrected chi connectivity index (χ3v) is 8.50. The molecule has 25 heavy (non-hydrogen) atoms. The molecule has 2 aliphatic heterocycles. The lowest BCUT2D eigenvalue weighted by Gasteiger charge is -2.50. The smallest absolute Gasteiger partial charge is 0.127 e. The maximum atomic E-state index is 6.57. The Hall–Kier alpha value is -0.440. The average molecular weight is 383 g/mol. The van der Waals surface area contributed by atoms with Gasteiger partial charge in [-0.2, -0.15) is 0 Å². The van der Waals surface area contributed by atoms with Crippen molar-refractivity contribution < 1.29 is 9.47 Å². The highest BCUT2D eigenvalue weighted by Crippen LogP contribution is 2.70. The van der Waals surface area contributed by atoms with Gasteiger partial charge in [-0.1, -0.05) is 32.0 Å². The zero-order chi connectivity index (χ0) is 18.0. The van der Waals surface area contributed by atoms with Crippen LogP contribution in [0.5, 0.6) is 5.75 Å². The number of para-hydroxylation sites is 1. The van der Waals surface area contributed by atoms with Gasteiger partial charge in [0, 0.05) is 22.8 Å². The van der Waals surface area contributed by atoms with Gasteiger partial charge in [0.25, 0.3) is 0 Å². The van der Waals surface area contributed by atoms with E-state index in [9.17, 15) is 0 Å². The molecule has 1 aliphatic carbocycles. The minimum Gasteiger partial charge on any atom is -0.487 e. The molecular formula is C21H28Cl2O2. The molecule has 138 valence electrons. The van der Waals surface area contributed by atoms with Gasteiger partial charge in [-0.15, -0.1) is 23.2 Å². The molecule has 0 aromatic heterocycles. The van der Waals surface area contributed by atoms with Gasteiger partial charge in [0.15, 0.2) is 0 Å². The van der Waals surface area contributed by atoms with Crippen LogP contribution in [0.25, 0.3) is 0 Å². The summed E-state index contributed by atoms with van der Waals surface area (Å²) >= 11 is 13.0. The monoisotopic (exact) mass is 382 g/mol. The van der Waals surface area contributed by atoms with Crippen molar-refractivity contribution in [3.63, 3.8) is 0 Å². The Morgan fingerprint density at radius 2 is 1.80 bits per heavy atom. The zero-order valence-corrected chi connectivity index (χ0v) is 17.0. The second-order valence-electron chi connectivity index (χ2n) is 8.94. The van der Waals surface area contributed by atoms with Crippen molar-refractivity contribution >= 4 is 23.2 Å². The lowest BCUT2D eigenvalue weighted by Crippen LogP contribution is -2.50. The topological polar surface area (TPSA) is 18.5 Å². The largest absolute Gasteiger partial charge is 0.487 e. The maximum absolute atomic E-state index is 6.57. The summed E-state index contributed by atoms with van der Waals surface area (Å²) in [7, 11) is 0. The van der Waals surface area contributed by atoms with Crippen molar-refractivity contribution in [2.75, 3.05) is 0 Å². The van der Waals surface area contributed by atoms with E-state index in [4.69, 9.17) is 32.7 Å². The summed E-state index contributed by atoms with van der Waals surface area (Å²) in [5.41, 5.74) is 0.949. The predicted octanol–water partition coefficient (Wildman–Crippen LogP) is 6.30. The van der Waals surface area contributed by atoms with Crippen molar-refractivity contribution in [2.24, 2.45) is 17.3 Å². The molecule has 0 amide bonds. The Morgan fingerprint density at radius 1 is 1.12 bits per heavy atom. The molecule has 1 aromatic rings. The number of hydrogen-bond donors (Lipinski definition) is 0. The molecule has 2 heterocycles. The summed E-state index contributed by atoms with van der Waals surface area (Å²) < 4.78 is 12.4. The molecule has 5 atom stereocenters. The number of fused-ring (bicyclic) bond motifs is 3. The Bertz CT molecular complexity index is 658. The Balaban J connectivity index is 1.59. The number of alkyl halides is 2. The van der Waals surface area contributed by atoms with Crippen molar-refractivity contribution in [2.45, 2.75) is 75.5 Å². The van der Waals surface area contributed by atoms with E-state index in [0.29, 0.717) is 17.9 Å². The van der Waals surface area contributed by atoms with Crippen molar-refractivity contribution in [3.05, 3.63) is 29.8 Å². The summed E-state index contributed by atoms with van der Waals surface area (Å²) in [5, 5.41) is 0. The zero-order valence-electron chi connectivity index (χ0n) is 15.5. The predicted molar refractivity (Wildman–Crippen MR) is 102 cm³/mol. The molecule has 1 saturated carbocycles. The Labute approximate surface area is 161 Å². The van der Waals surface area contributed by atoms with Gasteiger partial charge in [0.2, 0.25) is 0 Å². The van der Waals surface area contributed by atoms with Gasteiger partial charge >= 0.3 is 0 Å². The van der Waals surface area contributed by atoms with Crippen LogP contribution in [0.2, 0.25) is 0 Å². The van der Waals surface area contributed by atoms with E-state index in [-0.39, 0.29) is 17.1 Å². The molecule has 0 spiro atoms. The molecule has 0 unspecified atom stereocenters. The highest BCUT2D eigenvalue weighted by Gasteiger charge is 2.69. The van der Waals surface area contributed by atoms with E-state index in [1.165, 1.54) is 5.56 Å². The lowest BCUT2D eigenvalue weighted by atomic mass is 9.72. The first-order valence-electron chi connectivity index (χ1n) is 9.48. The van der Waals surface area contributed by atoms with Crippen LogP contribution in [0, 0.1) is 17.3 Å². The Kier molecular flexibility index (Phi) is 4.15. The van der Waals surface area contributed by atoms with Gasteiger partial charge in [-0.05, 0) is 45.6 Å². The number of halogens is 2. The van der Waals surface area contributed by atoms with Crippen LogP contribution in [-0.4, -0.2) is 16.0 Å². The van der Waals surface area contributed by atoms with Gasteiger partial charge in [0.05, 0.1) is 12.2 Å². The minimum atomic E-state index is -0.604. The summed E-state index contributed by atoms with van der Waals surface area (Å²) in [4.78, 5) is 0. The molecule has 3 aliphatic rings. The highest BCUT2D eigenvalue weighted by atomic mass is 35.5. The fraction of sp³-hybridized carbons (Fsp3) is 0.714. The van der Waals surface area contributed by atoms with E-state index in [2.05, 4.69) is 45.9 Å². The first-order valence-corrected chi connectivity index (χ1v) is 10.2. The number of rotatable bonds is 3. The van der Waals surface area contributed by atoms with Crippen LogP contribution in [0.15, 0.2) is 24.3 Å². The summed E-state index contributed by atoms with van der Waals surface area (Å²) in [5.74, 6) is 1.67. The standard InChI is InChI=1S/C21H28Cl2O2/c1-13-9-10-15-18(24-13)14-7-5-6-8-16(14)25-20(15,4)12-11-17-19(2,3)21(17,22)23/h5-8,13,15,17-18H,9-12H2,1-4H3/t13-,15-,17+,18-,20-/m1/s1. The summed E-state index contributed by atoms with van der Waals surface area (Å²) in [6.07, 6.45) is 4.59. The van der Waals surface area contributed by atoms with Gasteiger partial charge < -0.3 is 9.47 Å². The lowest BCUT2D eigenvalue weighted by molar-refractivity contribution is -0.153. The van der Waals surface area contributed by atoms with Crippen LogP contribution >= 0.6 is 23.2 Å². The Morgan fingerprint density at radius 3 is 2.48 bits per heavy atom. The van der Waals surface area contributed by atoms with E-state index < -0.39 is 4.33 Å². The molecule has 0 bridgehead atoms. The quantitative estimate of drug-likeness (QED) is 0.570.